The van der Waals surface area contributed by atoms with Gasteiger partial charge in [0.2, 0.25) is 5.82 Å². The number of aryl methyl sites for hydroxylation is 3. The van der Waals surface area contributed by atoms with Crippen LogP contribution in [0.15, 0.2) is 72.8 Å². The topological polar surface area (TPSA) is 65.0 Å². The maximum Gasteiger partial charge on any atom is 0.376 e. The summed E-state index contributed by atoms with van der Waals surface area (Å²) in [5.74, 6) is 0.653. The third-order valence-corrected chi connectivity index (χ3v) is 5.71. The molecule has 0 unspecified atom stereocenters. The van der Waals surface area contributed by atoms with Crippen molar-refractivity contribution in [1.82, 2.24) is 15.0 Å². The van der Waals surface area contributed by atoms with Crippen LogP contribution >= 0.6 is 0 Å². The molecule has 5 nitrogen and oxygen atoms in total. The summed E-state index contributed by atoms with van der Waals surface area (Å²) in [5, 5.41) is 0. The molecule has 0 atom stereocenters. The number of hydrogen-bond acceptors (Lipinski definition) is 5. The summed E-state index contributed by atoms with van der Waals surface area (Å²) >= 11 is 0. The number of esters is 1. The molecular formula is C27H23N3O2. The lowest BCUT2D eigenvalue weighted by molar-refractivity contribution is 0.0456. The molecule has 1 aromatic heterocycles. The van der Waals surface area contributed by atoms with Gasteiger partial charge >= 0.3 is 5.97 Å². The molecule has 0 N–H and O–H groups in total. The van der Waals surface area contributed by atoms with E-state index in [0.29, 0.717) is 18.1 Å². The number of nitrogens with zero attached hydrogens (tertiary/aromatic N) is 3. The predicted octanol–water partition coefficient (Wildman–Crippen LogP) is 4.89. The average molecular weight is 422 g/mol. The van der Waals surface area contributed by atoms with Gasteiger partial charge in [-0.05, 0) is 53.1 Å². The highest BCUT2D eigenvalue weighted by atomic mass is 16.5. The maximum absolute atomic E-state index is 12.5. The first kappa shape index (κ1) is 20.1. The molecular weight excluding hydrogens is 398 g/mol. The number of carbonyl (C=O) groups excluding carboxylic acids is 1. The number of aromatic nitrogens is 3. The van der Waals surface area contributed by atoms with Gasteiger partial charge in [-0.3, -0.25) is 0 Å². The second kappa shape index (κ2) is 8.71. The quantitative estimate of drug-likeness (QED) is 0.365. The standard InChI is InChI=1S/C27H23N3O2/c1-18-28-24(30-26(29-18)27(31)32-17-19-8-3-2-4-9-19)15-14-20-11-7-12-22-16-21-10-5-6-13-23(21)25(20)22/h2-13H,14-17H2,1H3. The number of hydrogen-bond donors (Lipinski definition) is 0. The van der Waals surface area contributed by atoms with Crippen LogP contribution in [0.3, 0.4) is 0 Å². The zero-order valence-electron chi connectivity index (χ0n) is 17.9. The number of rotatable bonds is 6. The molecule has 0 radical (unpaired) electrons. The lowest BCUT2D eigenvalue weighted by atomic mass is 9.96. The second-order valence-electron chi connectivity index (χ2n) is 7.97. The molecule has 0 saturated carbocycles. The van der Waals surface area contributed by atoms with Crippen molar-refractivity contribution in [2.45, 2.75) is 32.8 Å². The lowest BCUT2D eigenvalue weighted by Crippen LogP contribution is -2.14. The molecule has 4 aromatic rings. The van der Waals surface area contributed by atoms with Crippen LogP contribution in [0, 0.1) is 6.92 Å². The lowest BCUT2D eigenvalue weighted by Gasteiger charge is -2.10. The first-order valence-electron chi connectivity index (χ1n) is 10.8. The zero-order valence-corrected chi connectivity index (χ0v) is 17.9. The van der Waals surface area contributed by atoms with E-state index in [0.717, 1.165) is 18.4 Å². The van der Waals surface area contributed by atoms with E-state index in [1.807, 2.05) is 30.3 Å². The largest absolute Gasteiger partial charge is 0.455 e. The van der Waals surface area contributed by atoms with Crippen LogP contribution in [0.5, 0.6) is 0 Å². The molecule has 5 rings (SSSR count). The normalized spacial score (nSPS) is 11.7. The second-order valence-corrected chi connectivity index (χ2v) is 7.97. The van der Waals surface area contributed by atoms with E-state index in [1.54, 1.807) is 6.92 Å². The Morgan fingerprint density at radius 1 is 0.844 bits per heavy atom. The van der Waals surface area contributed by atoms with Gasteiger partial charge in [0, 0.05) is 6.42 Å². The summed E-state index contributed by atoms with van der Waals surface area (Å²) in [6.45, 7) is 1.96. The van der Waals surface area contributed by atoms with Crippen LogP contribution in [-0.4, -0.2) is 20.9 Å². The van der Waals surface area contributed by atoms with E-state index in [1.165, 1.54) is 27.8 Å². The molecule has 3 aromatic carbocycles. The van der Waals surface area contributed by atoms with Crippen LogP contribution in [0.4, 0.5) is 0 Å². The highest BCUT2D eigenvalue weighted by Gasteiger charge is 2.21. The number of benzene rings is 3. The van der Waals surface area contributed by atoms with E-state index in [9.17, 15) is 4.79 Å². The molecule has 0 aliphatic heterocycles. The molecule has 0 fully saturated rings. The Bertz CT molecular complexity index is 1290. The number of carbonyl (C=O) groups is 1. The van der Waals surface area contributed by atoms with Gasteiger partial charge in [0.05, 0.1) is 0 Å². The van der Waals surface area contributed by atoms with Gasteiger partial charge in [0.1, 0.15) is 18.3 Å². The smallest absolute Gasteiger partial charge is 0.376 e. The van der Waals surface area contributed by atoms with E-state index in [-0.39, 0.29) is 12.4 Å². The molecule has 158 valence electrons. The van der Waals surface area contributed by atoms with Crippen LogP contribution in [0.25, 0.3) is 11.1 Å². The molecule has 0 saturated heterocycles. The highest BCUT2D eigenvalue weighted by molar-refractivity contribution is 5.85. The van der Waals surface area contributed by atoms with Gasteiger partial charge in [-0.1, -0.05) is 72.8 Å². The van der Waals surface area contributed by atoms with Crippen molar-refractivity contribution in [3.05, 3.63) is 113 Å². The summed E-state index contributed by atoms with van der Waals surface area (Å²) < 4.78 is 5.39. The van der Waals surface area contributed by atoms with Crippen LogP contribution < -0.4 is 0 Å². The van der Waals surface area contributed by atoms with Gasteiger partial charge in [-0.2, -0.15) is 0 Å². The maximum atomic E-state index is 12.5. The Morgan fingerprint density at radius 3 is 2.50 bits per heavy atom. The van der Waals surface area contributed by atoms with Crippen molar-refractivity contribution in [2.24, 2.45) is 0 Å². The van der Waals surface area contributed by atoms with Gasteiger partial charge in [-0.15, -0.1) is 0 Å². The fourth-order valence-electron chi connectivity index (χ4n) is 4.25. The first-order chi connectivity index (χ1) is 15.7. The predicted molar refractivity (Wildman–Crippen MR) is 122 cm³/mol. The van der Waals surface area contributed by atoms with Gasteiger partial charge in [0.25, 0.3) is 0 Å². The van der Waals surface area contributed by atoms with E-state index in [4.69, 9.17) is 4.74 Å². The van der Waals surface area contributed by atoms with Gasteiger partial charge < -0.3 is 4.74 Å². The van der Waals surface area contributed by atoms with Crippen molar-refractivity contribution in [2.75, 3.05) is 0 Å². The molecule has 1 aliphatic rings. The zero-order chi connectivity index (χ0) is 21.9. The summed E-state index contributed by atoms with van der Waals surface area (Å²) in [5.41, 5.74) is 7.57. The fraction of sp³-hybridized carbons (Fsp3) is 0.185. The van der Waals surface area contributed by atoms with E-state index >= 15 is 0 Å². The van der Waals surface area contributed by atoms with Crippen molar-refractivity contribution in [3.8, 4) is 11.1 Å². The highest BCUT2D eigenvalue weighted by Crippen LogP contribution is 2.39. The molecule has 5 heteroatoms. The summed E-state index contributed by atoms with van der Waals surface area (Å²) in [4.78, 5) is 25.6. The number of ether oxygens (including phenoxy) is 1. The summed E-state index contributed by atoms with van der Waals surface area (Å²) in [7, 11) is 0. The van der Waals surface area contributed by atoms with E-state index in [2.05, 4.69) is 57.4 Å². The van der Waals surface area contributed by atoms with Crippen LogP contribution in [0.2, 0.25) is 0 Å². The van der Waals surface area contributed by atoms with Crippen LogP contribution in [0.1, 0.15) is 44.5 Å². The molecule has 0 bridgehead atoms. The molecule has 0 amide bonds. The third-order valence-electron chi connectivity index (χ3n) is 5.71. The Labute approximate surface area is 187 Å². The minimum atomic E-state index is -0.532. The molecule has 1 heterocycles. The Kier molecular flexibility index (Phi) is 5.46. The van der Waals surface area contributed by atoms with Crippen molar-refractivity contribution >= 4 is 5.97 Å². The summed E-state index contributed by atoms with van der Waals surface area (Å²) in [6, 6.07) is 24.6. The van der Waals surface area contributed by atoms with Crippen molar-refractivity contribution in [1.29, 1.82) is 0 Å². The fourth-order valence-corrected chi connectivity index (χ4v) is 4.25. The van der Waals surface area contributed by atoms with E-state index < -0.39 is 5.97 Å². The Balaban J connectivity index is 1.32. The SMILES string of the molecule is Cc1nc(CCc2cccc3c2-c2ccccc2C3)nc(C(=O)OCc2ccccc2)n1. The van der Waals surface area contributed by atoms with Gasteiger partial charge in [0.15, 0.2) is 0 Å². The monoisotopic (exact) mass is 421 g/mol. The third kappa shape index (κ3) is 4.14. The van der Waals surface area contributed by atoms with Crippen LogP contribution in [-0.2, 0) is 30.6 Å². The number of fused-ring (bicyclic) bond motifs is 3. The Hall–Kier alpha value is -3.86. The van der Waals surface area contributed by atoms with Crippen molar-refractivity contribution < 1.29 is 9.53 Å². The minimum Gasteiger partial charge on any atom is -0.455 e. The molecule has 1 aliphatic carbocycles. The molecule has 32 heavy (non-hydrogen) atoms. The van der Waals surface area contributed by atoms with Gasteiger partial charge in [-0.25, -0.2) is 19.7 Å². The molecule has 0 spiro atoms. The summed E-state index contributed by atoms with van der Waals surface area (Å²) in [6.07, 6.45) is 2.39. The Morgan fingerprint density at radius 2 is 1.62 bits per heavy atom. The minimum absolute atomic E-state index is 0.0621. The average Bonchev–Trinajstić information content (AvgIpc) is 3.21. The van der Waals surface area contributed by atoms with Crippen molar-refractivity contribution in [3.63, 3.8) is 0 Å². The first-order valence-corrected chi connectivity index (χ1v) is 10.8.